The number of aryl methyl sites for hydroxylation is 2. The first kappa shape index (κ1) is 16.5. The number of hydrogen-bond acceptors (Lipinski definition) is 2. The summed E-state index contributed by atoms with van der Waals surface area (Å²) >= 11 is 8.22. The summed E-state index contributed by atoms with van der Waals surface area (Å²) in [4.78, 5) is 2.90. The van der Waals surface area contributed by atoms with E-state index in [-0.39, 0.29) is 0 Å². The molecule has 1 aromatic heterocycles. The first-order valence-corrected chi connectivity index (χ1v) is 8.90. The van der Waals surface area contributed by atoms with Gasteiger partial charge in [-0.3, -0.25) is 0 Å². The molecular formula is C18H24ClNS. The molecular weight excluding hydrogens is 298 g/mol. The molecule has 1 nitrogen and oxygen atoms in total. The van der Waals surface area contributed by atoms with Crippen molar-refractivity contribution in [1.82, 2.24) is 5.32 Å². The van der Waals surface area contributed by atoms with Gasteiger partial charge in [-0.2, -0.15) is 0 Å². The molecule has 2 aromatic rings. The van der Waals surface area contributed by atoms with Gasteiger partial charge in [0.05, 0.1) is 0 Å². The Kier molecular flexibility index (Phi) is 6.28. The van der Waals surface area contributed by atoms with E-state index in [2.05, 4.69) is 49.5 Å². The molecule has 114 valence electrons. The van der Waals surface area contributed by atoms with E-state index in [1.54, 1.807) is 0 Å². The van der Waals surface area contributed by atoms with Gasteiger partial charge in [-0.1, -0.05) is 37.6 Å². The van der Waals surface area contributed by atoms with E-state index in [0.29, 0.717) is 6.04 Å². The first-order valence-electron chi connectivity index (χ1n) is 7.71. The number of rotatable bonds is 7. The molecule has 21 heavy (non-hydrogen) atoms. The quantitative estimate of drug-likeness (QED) is 0.704. The van der Waals surface area contributed by atoms with Gasteiger partial charge in [-0.15, -0.1) is 11.3 Å². The molecule has 1 atom stereocenters. The zero-order valence-corrected chi connectivity index (χ0v) is 14.7. The second kappa shape index (κ2) is 7.98. The van der Waals surface area contributed by atoms with E-state index in [9.17, 15) is 0 Å². The number of thiophene rings is 1. The summed E-state index contributed by atoms with van der Waals surface area (Å²) < 4.78 is 0. The Morgan fingerprint density at radius 3 is 2.52 bits per heavy atom. The minimum Gasteiger partial charge on any atom is -0.310 e. The van der Waals surface area contributed by atoms with E-state index in [0.717, 1.165) is 36.4 Å². The minimum atomic E-state index is 0.339. The van der Waals surface area contributed by atoms with Crippen LogP contribution in [0.1, 0.15) is 47.2 Å². The van der Waals surface area contributed by atoms with Crippen LogP contribution in [0.25, 0.3) is 0 Å². The predicted molar refractivity (Wildman–Crippen MR) is 94.6 cm³/mol. The molecule has 3 heteroatoms. The Morgan fingerprint density at radius 2 is 1.90 bits per heavy atom. The van der Waals surface area contributed by atoms with Gasteiger partial charge in [0.25, 0.3) is 0 Å². The van der Waals surface area contributed by atoms with Gasteiger partial charge in [0.1, 0.15) is 0 Å². The highest BCUT2D eigenvalue weighted by Gasteiger charge is 2.14. The Bertz CT molecular complexity index is 576. The third-order valence-corrected chi connectivity index (χ3v) is 5.37. The molecule has 1 unspecified atom stereocenters. The van der Waals surface area contributed by atoms with Crippen molar-refractivity contribution >= 4 is 22.9 Å². The largest absolute Gasteiger partial charge is 0.310 e. The molecule has 1 N–H and O–H groups in total. The third kappa shape index (κ3) is 4.57. The molecule has 0 aliphatic heterocycles. The fourth-order valence-corrected chi connectivity index (χ4v) is 3.57. The van der Waals surface area contributed by atoms with Gasteiger partial charge >= 0.3 is 0 Å². The molecule has 1 heterocycles. The lowest BCUT2D eigenvalue weighted by Gasteiger charge is -2.19. The van der Waals surface area contributed by atoms with Crippen LogP contribution >= 0.6 is 22.9 Å². The van der Waals surface area contributed by atoms with Gasteiger partial charge in [-0.25, -0.2) is 0 Å². The Hall–Kier alpha value is -0.830. The molecule has 1 aromatic carbocycles. The fraction of sp³-hybridized carbons (Fsp3) is 0.444. The van der Waals surface area contributed by atoms with Crippen molar-refractivity contribution in [2.45, 2.75) is 46.1 Å². The summed E-state index contributed by atoms with van der Waals surface area (Å²) in [5.74, 6) is 0. The van der Waals surface area contributed by atoms with Crippen molar-refractivity contribution < 1.29 is 0 Å². The maximum Gasteiger partial charge on any atom is 0.0438 e. The van der Waals surface area contributed by atoms with Crippen LogP contribution in [0.15, 0.2) is 30.3 Å². The van der Waals surface area contributed by atoms with Crippen LogP contribution in [0.3, 0.4) is 0 Å². The highest BCUT2D eigenvalue weighted by Crippen LogP contribution is 2.27. The molecule has 0 spiro atoms. The van der Waals surface area contributed by atoms with E-state index >= 15 is 0 Å². The highest BCUT2D eigenvalue weighted by atomic mass is 35.5. The average molecular weight is 322 g/mol. The normalized spacial score (nSPS) is 12.6. The lowest BCUT2D eigenvalue weighted by atomic mass is 10.0. The number of hydrogen-bond donors (Lipinski definition) is 1. The second-order valence-electron chi connectivity index (χ2n) is 5.44. The predicted octanol–water partition coefficient (Wildman–Crippen LogP) is 5.56. The monoisotopic (exact) mass is 321 g/mol. The molecule has 0 bridgehead atoms. The van der Waals surface area contributed by atoms with Crippen LogP contribution in [-0.4, -0.2) is 6.54 Å². The lowest BCUT2D eigenvalue weighted by molar-refractivity contribution is 0.532. The Labute approximate surface area is 137 Å². The second-order valence-corrected chi connectivity index (χ2v) is 7.10. The zero-order chi connectivity index (χ0) is 15.2. The van der Waals surface area contributed by atoms with Crippen molar-refractivity contribution in [3.05, 3.63) is 56.2 Å². The van der Waals surface area contributed by atoms with Crippen molar-refractivity contribution in [3.8, 4) is 0 Å². The van der Waals surface area contributed by atoms with Crippen LogP contribution in [0.4, 0.5) is 0 Å². The fourth-order valence-electron chi connectivity index (χ4n) is 2.38. The molecule has 0 saturated carbocycles. The van der Waals surface area contributed by atoms with Gasteiger partial charge in [0.2, 0.25) is 0 Å². The van der Waals surface area contributed by atoms with Crippen molar-refractivity contribution in [2.75, 3.05) is 6.54 Å². The van der Waals surface area contributed by atoms with Crippen LogP contribution < -0.4 is 5.32 Å². The van der Waals surface area contributed by atoms with Gasteiger partial charge in [-0.05, 0) is 55.6 Å². The van der Waals surface area contributed by atoms with E-state index in [4.69, 9.17) is 11.6 Å². The summed E-state index contributed by atoms with van der Waals surface area (Å²) in [5, 5.41) is 4.51. The standard InChI is InChI=1S/C18H24ClNS/c1-4-10-20-18(12-16-9-8-15(5-2)21-16)14-7-6-13(3)17(19)11-14/h6-9,11,18,20H,4-5,10,12H2,1-3H3. The third-order valence-electron chi connectivity index (χ3n) is 3.71. The molecule has 0 fully saturated rings. The SMILES string of the molecule is CCCNC(Cc1ccc(CC)s1)c1ccc(C)c(Cl)c1. The van der Waals surface area contributed by atoms with Gasteiger partial charge in [0.15, 0.2) is 0 Å². The van der Waals surface area contributed by atoms with Gasteiger partial charge < -0.3 is 5.32 Å². The summed E-state index contributed by atoms with van der Waals surface area (Å²) in [7, 11) is 0. The maximum absolute atomic E-state index is 6.30. The van der Waals surface area contributed by atoms with Crippen molar-refractivity contribution in [3.63, 3.8) is 0 Å². The lowest BCUT2D eigenvalue weighted by Crippen LogP contribution is -2.23. The van der Waals surface area contributed by atoms with Crippen molar-refractivity contribution in [2.24, 2.45) is 0 Å². The number of halogens is 1. The molecule has 0 aliphatic rings. The van der Waals surface area contributed by atoms with Crippen molar-refractivity contribution in [1.29, 1.82) is 0 Å². The molecule has 0 aliphatic carbocycles. The Morgan fingerprint density at radius 1 is 1.14 bits per heavy atom. The first-order chi connectivity index (χ1) is 10.1. The number of benzene rings is 1. The summed E-state index contributed by atoms with van der Waals surface area (Å²) in [6.07, 6.45) is 3.29. The van der Waals surface area contributed by atoms with Crippen LogP contribution in [0, 0.1) is 6.92 Å². The molecule has 0 amide bonds. The average Bonchev–Trinajstić information content (AvgIpc) is 2.94. The maximum atomic E-state index is 6.30. The molecule has 0 radical (unpaired) electrons. The van der Waals surface area contributed by atoms with Crippen LogP contribution in [-0.2, 0) is 12.8 Å². The summed E-state index contributed by atoms with van der Waals surface area (Å²) in [5.41, 5.74) is 2.42. The van der Waals surface area contributed by atoms with E-state index < -0.39 is 0 Å². The van der Waals surface area contributed by atoms with E-state index in [1.807, 2.05) is 18.3 Å². The van der Waals surface area contributed by atoms with Crippen LogP contribution in [0.5, 0.6) is 0 Å². The Balaban J connectivity index is 2.18. The molecule has 2 rings (SSSR count). The summed E-state index contributed by atoms with van der Waals surface area (Å²) in [6.45, 7) is 7.49. The summed E-state index contributed by atoms with van der Waals surface area (Å²) in [6, 6.07) is 11.3. The molecule has 0 saturated heterocycles. The smallest absolute Gasteiger partial charge is 0.0438 e. The van der Waals surface area contributed by atoms with E-state index in [1.165, 1.54) is 15.3 Å². The highest BCUT2D eigenvalue weighted by molar-refractivity contribution is 7.11. The van der Waals surface area contributed by atoms with Crippen LogP contribution in [0.2, 0.25) is 5.02 Å². The van der Waals surface area contributed by atoms with Gasteiger partial charge in [0, 0.05) is 27.2 Å². The topological polar surface area (TPSA) is 12.0 Å². The zero-order valence-electron chi connectivity index (χ0n) is 13.1. The number of nitrogens with one attached hydrogen (secondary N) is 1. The minimum absolute atomic E-state index is 0.339.